The molecule has 2 unspecified atom stereocenters. The van der Waals surface area contributed by atoms with Gasteiger partial charge >= 0.3 is 5.97 Å². The minimum atomic E-state index is -0.726. The van der Waals surface area contributed by atoms with Crippen molar-refractivity contribution in [2.45, 2.75) is 50.5 Å². The topological polar surface area (TPSA) is 99.4 Å². The van der Waals surface area contributed by atoms with Crippen molar-refractivity contribution in [3.05, 3.63) is 29.8 Å². The van der Waals surface area contributed by atoms with Crippen molar-refractivity contribution < 1.29 is 19.4 Å². The van der Waals surface area contributed by atoms with Gasteiger partial charge in [-0.2, -0.15) is 5.26 Å². The molecule has 2 N–H and O–H groups in total. The Kier molecular flexibility index (Phi) is 4.43. The summed E-state index contributed by atoms with van der Waals surface area (Å²) in [5.41, 5.74) is 0.137. The maximum atomic E-state index is 12.8. The Morgan fingerprint density at radius 2 is 1.85 bits per heavy atom. The molecule has 1 aromatic rings. The van der Waals surface area contributed by atoms with Gasteiger partial charge in [-0.15, -0.1) is 0 Å². The van der Waals surface area contributed by atoms with Gasteiger partial charge in [-0.1, -0.05) is 12.1 Å². The van der Waals surface area contributed by atoms with Crippen LogP contribution in [-0.4, -0.2) is 29.2 Å². The fourth-order valence-corrected chi connectivity index (χ4v) is 5.73. The first kappa shape index (κ1) is 18.0. The Morgan fingerprint density at radius 3 is 2.44 bits per heavy atom. The molecule has 4 bridgehead atoms. The summed E-state index contributed by atoms with van der Waals surface area (Å²) in [6.07, 6.45) is 5.01. The number of carbonyl (C=O) groups excluding carboxylic acids is 2. The second-order valence-corrected chi connectivity index (χ2v) is 8.62. The lowest BCUT2D eigenvalue weighted by molar-refractivity contribution is -0.196. The van der Waals surface area contributed by atoms with E-state index in [9.17, 15) is 14.7 Å². The summed E-state index contributed by atoms with van der Waals surface area (Å²) in [4.78, 5) is 24.9. The van der Waals surface area contributed by atoms with E-state index in [0.717, 1.165) is 37.7 Å². The zero-order valence-electron chi connectivity index (χ0n) is 15.2. The maximum absolute atomic E-state index is 12.8. The lowest BCUT2D eigenvalue weighted by atomic mass is 9.48. The van der Waals surface area contributed by atoms with E-state index in [0.29, 0.717) is 30.4 Å². The zero-order chi connectivity index (χ0) is 19.1. The van der Waals surface area contributed by atoms with Crippen molar-refractivity contribution in [3.63, 3.8) is 0 Å². The standard InChI is InChI=1S/C21H24N2O4/c22-6-5-14-1-3-17(4-2-14)23-18(24)12-27-19(25)20-8-15-7-16(9-20)11-21(26,10-15)13-20/h1-4,15-16,26H,5,7-13H2,(H,23,24)/t15-,16+,20?,21?. The lowest BCUT2D eigenvalue weighted by Crippen LogP contribution is -2.58. The largest absolute Gasteiger partial charge is 0.455 e. The normalized spacial score (nSPS) is 33.3. The van der Waals surface area contributed by atoms with Gasteiger partial charge in [0.25, 0.3) is 5.91 Å². The molecule has 142 valence electrons. The average molecular weight is 368 g/mol. The summed E-state index contributed by atoms with van der Waals surface area (Å²) < 4.78 is 5.36. The van der Waals surface area contributed by atoms with Crippen LogP contribution in [0.3, 0.4) is 0 Å². The highest BCUT2D eigenvalue weighted by Crippen LogP contribution is 2.61. The van der Waals surface area contributed by atoms with Gasteiger partial charge in [0.15, 0.2) is 6.61 Å². The highest BCUT2D eigenvalue weighted by atomic mass is 16.5. The quantitative estimate of drug-likeness (QED) is 0.778. The molecule has 6 nitrogen and oxygen atoms in total. The van der Waals surface area contributed by atoms with Gasteiger partial charge in [-0.05, 0) is 68.1 Å². The van der Waals surface area contributed by atoms with E-state index < -0.39 is 11.0 Å². The first-order valence-electron chi connectivity index (χ1n) is 9.55. The Labute approximate surface area is 158 Å². The molecule has 4 atom stereocenters. The van der Waals surface area contributed by atoms with Crippen LogP contribution in [0, 0.1) is 28.6 Å². The first-order valence-corrected chi connectivity index (χ1v) is 9.55. The fraction of sp³-hybridized carbons (Fsp3) is 0.571. The predicted octanol–water partition coefficient (Wildman–Crippen LogP) is 2.57. The van der Waals surface area contributed by atoms with E-state index >= 15 is 0 Å². The van der Waals surface area contributed by atoms with E-state index in [1.807, 2.05) is 0 Å². The highest BCUT2D eigenvalue weighted by molar-refractivity contribution is 5.93. The highest BCUT2D eigenvalue weighted by Gasteiger charge is 2.60. The molecule has 0 spiro atoms. The number of nitrogens with one attached hydrogen (secondary N) is 1. The molecular weight excluding hydrogens is 344 g/mol. The van der Waals surface area contributed by atoms with Gasteiger partial charge in [-0.3, -0.25) is 9.59 Å². The van der Waals surface area contributed by atoms with Gasteiger partial charge in [0.2, 0.25) is 0 Å². The number of rotatable bonds is 5. The van der Waals surface area contributed by atoms with Crippen LogP contribution >= 0.6 is 0 Å². The second kappa shape index (κ2) is 6.65. The molecule has 0 radical (unpaired) electrons. The van der Waals surface area contributed by atoms with Crippen molar-refractivity contribution in [2.24, 2.45) is 17.3 Å². The van der Waals surface area contributed by atoms with E-state index in [-0.39, 0.29) is 18.5 Å². The molecule has 0 saturated heterocycles. The van der Waals surface area contributed by atoms with Gasteiger partial charge in [-0.25, -0.2) is 0 Å². The number of carbonyl (C=O) groups is 2. The molecule has 1 amide bonds. The van der Waals surface area contributed by atoms with Crippen LogP contribution in [0.2, 0.25) is 0 Å². The van der Waals surface area contributed by atoms with Crippen LogP contribution in [0.15, 0.2) is 24.3 Å². The summed E-state index contributed by atoms with van der Waals surface area (Å²) in [7, 11) is 0. The zero-order valence-corrected chi connectivity index (χ0v) is 15.2. The average Bonchev–Trinajstić information content (AvgIpc) is 2.59. The molecule has 1 aromatic carbocycles. The smallest absolute Gasteiger partial charge is 0.312 e. The number of esters is 1. The molecule has 0 aromatic heterocycles. The number of hydrogen-bond donors (Lipinski definition) is 2. The number of ether oxygens (including phenoxy) is 1. The van der Waals surface area contributed by atoms with Crippen LogP contribution in [0.5, 0.6) is 0 Å². The number of amides is 1. The third kappa shape index (κ3) is 3.57. The molecule has 4 saturated carbocycles. The number of nitrogens with zero attached hydrogens (tertiary/aromatic N) is 1. The number of aliphatic hydroxyl groups is 1. The molecule has 0 heterocycles. The van der Waals surface area contributed by atoms with Crippen LogP contribution in [0.1, 0.15) is 44.1 Å². The Morgan fingerprint density at radius 1 is 1.19 bits per heavy atom. The van der Waals surface area contributed by atoms with Crippen molar-refractivity contribution in [3.8, 4) is 6.07 Å². The minimum absolute atomic E-state index is 0.322. The SMILES string of the molecule is N#CCc1ccc(NC(=O)COC(=O)C23C[C@@H]4C[C@@H](CC(O)(C4)C2)C3)cc1. The Balaban J connectivity index is 1.33. The third-order valence-electron chi connectivity index (χ3n) is 6.32. The van der Waals surface area contributed by atoms with E-state index in [4.69, 9.17) is 10.00 Å². The summed E-state index contributed by atoms with van der Waals surface area (Å²) in [5.74, 6) is 0.0588. The number of benzene rings is 1. The fourth-order valence-electron chi connectivity index (χ4n) is 5.73. The summed E-state index contributed by atoms with van der Waals surface area (Å²) in [5, 5.41) is 22.1. The van der Waals surface area contributed by atoms with E-state index in [1.54, 1.807) is 24.3 Å². The summed E-state index contributed by atoms with van der Waals surface area (Å²) >= 11 is 0. The van der Waals surface area contributed by atoms with Crippen molar-refractivity contribution >= 4 is 17.6 Å². The predicted molar refractivity (Wildman–Crippen MR) is 97.4 cm³/mol. The van der Waals surface area contributed by atoms with Crippen molar-refractivity contribution in [2.75, 3.05) is 11.9 Å². The van der Waals surface area contributed by atoms with Crippen LogP contribution in [0.25, 0.3) is 0 Å². The molecule has 4 fully saturated rings. The van der Waals surface area contributed by atoms with Crippen LogP contribution in [0.4, 0.5) is 5.69 Å². The lowest BCUT2D eigenvalue weighted by Gasteiger charge is -2.58. The minimum Gasteiger partial charge on any atom is -0.455 e. The van der Waals surface area contributed by atoms with Gasteiger partial charge in [0.1, 0.15) is 0 Å². The Hall–Kier alpha value is -2.39. The summed E-state index contributed by atoms with van der Waals surface area (Å²) in [6.45, 7) is -0.325. The summed E-state index contributed by atoms with van der Waals surface area (Å²) in [6, 6.07) is 9.08. The number of hydrogen-bond acceptors (Lipinski definition) is 5. The van der Waals surface area contributed by atoms with E-state index in [2.05, 4.69) is 11.4 Å². The number of nitriles is 1. The molecule has 4 aliphatic rings. The Bertz CT molecular complexity index is 781. The first-order chi connectivity index (χ1) is 12.9. The second-order valence-electron chi connectivity index (χ2n) is 8.62. The maximum Gasteiger partial charge on any atom is 0.312 e. The number of anilines is 1. The molecular formula is C21H24N2O4. The third-order valence-corrected chi connectivity index (χ3v) is 6.32. The van der Waals surface area contributed by atoms with Crippen molar-refractivity contribution in [1.82, 2.24) is 0 Å². The monoisotopic (exact) mass is 368 g/mol. The van der Waals surface area contributed by atoms with Crippen LogP contribution < -0.4 is 5.32 Å². The molecule has 5 rings (SSSR count). The van der Waals surface area contributed by atoms with Gasteiger partial charge in [0, 0.05) is 5.69 Å². The molecule has 0 aliphatic heterocycles. The van der Waals surface area contributed by atoms with E-state index in [1.165, 1.54) is 0 Å². The molecule has 27 heavy (non-hydrogen) atoms. The van der Waals surface area contributed by atoms with Crippen molar-refractivity contribution in [1.29, 1.82) is 5.26 Å². The van der Waals surface area contributed by atoms with Gasteiger partial charge < -0.3 is 15.2 Å². The molecule has 6 heteroatoms. The molecule has 4 aliphatic carbocycles. The van der Waals surface area contributed by atoms with Crippen LogP contribution in [-0.2, 0) is 20.7 Å². The van der Waals surface area contributed by atoms with Gasteiger partial charge in [0.05, 0.1) is 23.5 Å².